The summed E-state index contributed by atoms with van der Waals surface area (Å²) in [4.78, 5) is 0. The molecule has 0 saturated heterocycles. The Morgan fingerprint density at radius 2 is 1.90 bits per heavy atom. The molecule has 20 heavy (non-hydrogen) atoms. The van der Waals surface area contributed by atoms with Gasteiger partial charge >= 0.3 is 0 Å². The van der Waals surface area contributed by atoms with Crippen molar-refractivity contribution in [2.24, 2.45) is 0 Å². The van der Waals surface area contributed by atoms with Crippen LogP contribution in [0.15, 0.2) is 18.2 Å². The van der Waals surface area contributed by atoms with Gasteiger partial charge in [0.25, 0.3) is 0 Å². The lowest BCUT2D eigenvalue weighted by Crippen LogP contribution is -2.41. The summed E-state index contributed by atoms with van der Waals surface area (Å²) in [6, 6.07) is 6.24. The summed E-state index contributed by atoms with van der Waals surface area (Å²) < 4.78 is 17.2. The minimum absolute atomic E-state index is 0.114. The van der Waals surface area contributed by atoms with Gasteiger partial charge in [-0.15, -0.1) is 0 Å². The molecule has 1 aliphatic heterocycles. The van der Waals surface area contributed by atoms with E-state index in [9.17, 15) is 0 Å². The summed E-state index contributed by atoms with van der Waals surface area (Å²) >= 11 is 0. The van der Waals surface area contributed by atoms with E-state index in [2.05, 4.69) is 38.2 Å². The molecule has 1 aliphatic rings. The molecule has 1 heterocycles. The number of hydrogen-bond donors (Lipinski definition) is 1. The van der Waals surface area contributed by atoms with Crippen LogP contribution in [0.25, 0.3) is 0 Å². The van der Waals surface area contributed by atoms with Crippen LogP contribution in [-0.2, 0) is 4.74 Å². The number of likely N-dealkylation sites (N-methyl/N-ethyl adjacent to an activating group) is 1. The Kier molecular flexibility index (Phi) is 4.89. The van der Waals surface area contributed by atoms with Crippen molar-refractivity contribution in [2.45, 2.75) is 39.3 Å². The third kappa shape index (κ3) is 3.25. The monoisotopic (exact) mass is 279 g/mol. The van der Waals surface area contributed by atoms with E-state index in [1.807, 2.05) is 13.0 Å². The molecule has 4 nitrogen and oxygen atoms in total. The summed E-state index contributed by atoms with van der Waals surface area (Å²) in [5, 5.41) is 3.51. The highest BCUT2D eigenvalue weighted by atomic mass is 16.6. The molecule has 2 rings (SSSR count). The molecule has 0 fully saturated rings. The maximum atomic E-state index is 5.91. The highest BCUT2D eigenvalue weighted by molar-refractivity contribution is 5.45. The first-order chi connectivity index (χ1) is 9.58. The Hall–Kier alpha value is -1.26. The lowest BCUT2D eigenvalue weighted by Gasteiger charge is -2.35. The van der Waals surface area contributed by atoms with Gasteiger partial charge in [0.15, 0.2) is 11.5 Å². The second-order valence-corrected chi connectivity index (χ2v) is 5.43. The highest BCUT2D eigenvalue weighted by Gasteiger charge is 2.31. The topological polar surface area (TPSA) is 39.7 Å². The van der Waals surface area contributed by atoms with Crippen LogP contribution >= 0.6 is 0 Å². The predicted octanol–water partition coefficient (Wildman–Crippen LogP) is 2.92. The third-order valence-electron chi connectivity index (χ3n) is 3.52. The Bertz CT molecular complexity index is 445. The fourth-order valence-electron chi connectivity index (χ4n) is 2.66. The normalized spacial score (nSPS) is 16.0. The minimum atomic E-state index is -0.283. The van der Waals surface area contributed by atoms with Gasteiger partial charge in [0, 0.05) is 6.61 Å². The van der Waals surface area contributed by atoms with Gasteiger partial charge in [0.05, 0.1) is 11.6 Å². The van der Waals surface area contributed by atoms with Gasteiger partial charge in [0.1, 0.15) is 13.2 Å². The molecule has 0 spiro atoms. The molecular formula is C16H25NO3. The molecule has 0 amide bonds. The van der Waals surface area contributed by atoms with E-state index in [4.69, 9.17) is 14.2 Å². The first-order valence-corrected chi connectivity index (χ1v) is 7.35. The number of rotatable bonds is 6. The van der Waals surface area contributed by atoms with Crippen LogP contribution in [0.4, 0.5) is 0 Å². The van der Waals surface area contributed by atoms with Crippen LogP contribution in [-0.4, -0.2) is 32.0 Å². The average Bonchev–Trinajstić information content (AvgIpc) is 2.44. The molecule has 1 unspecified atom stereocenters. The van der Waals surface area contributed by atoms with Crippen LogP contribution < -0.4 is 14.8 Å². The quantitative estimate of drug-likeness (QED) is 0.869. The molecule has 1 atom stereocenters. The zero-order valence-electron chi connectivity index (χ0n) is 12.9. The maximum absolute atomic E-state index is 5.91. The largest absolute Gasteiger partial charge is 0.486 e. The van der Waals surface area contributed by atoms with Crippen molar-refractivity contribution < 1.29 is 14.2 Å². The number of nitrogens with one attached hydrogen (secondary N) is 1. The Morgan fingerprint density at radius 3 is 2.55 bits per heavy atom. The SMILES string of the molecule is CCNC(c1ccc2c(c1)OCCO2)C(C)(C)OCC. The van der Waals surface area contributed by atoms with Crippen molar-refractivity contribution in [3.05, 3.63) is 23.8 Å². The summed E-state index contributed by atoms with van der Waals surface area (Å²) in [5.41, 5.74) is 0.878. The van der Waals surface area contributed by atoms with Gasteiger partial charge in [-0.25, -0.2) is 0 Å². The van der Waals surface area contributed by atoms with E-state index in [0.717, 1.165) is 23.6 Å². The number of hydrogen-bond acceptors (Lipinski definition) is 4. The minimum Gasteiger partial charge on any atom is -0.486 e. The van der Waals surface area contributed by atoms with Crippen molar-refractivity contribution in [1.29, 1.82) is 0 Å². The zero-order chi connectivity index (χ0) is 14.6. The van der Waals surface area contributed by atoms with Crippen LogP contribution in [0.3, 0.4) is 0 Å². The lowest BCUT2D eigenvalue weighted by molar-refractivity contribution is -0.0389. The van der Waals surface area contributed by atoms with Gasteiger partial charge in [-0.3, -0.25) is 0 Å². The molecule has 0 bridgehead atoms. The van der Waals surface area contributed by atoms with E-state index in [1.165, 1.54) is 0 Å². The summed E-state index contributed by atoms with van der Waals surface area (Å²) in [5.74, 6) is 1.65. The van der Waals surface area contributed by atoms with E-state index in [-0.39, 0.29) is 11.6 Å². The van der Waals surface area contributed by atoms with Gasteiger partial charge in [-0.1, -0.05) is 13.0 Å². The average molecular weight is 279 g/mol. The molecule has 0 radical (unpaired) electrons. The van der Waals surface area contributed by atoms with Gasteiger partial charge in [-0.05, 0) is 45.0 Å². The van der Waals surface area contributed by atoms with Crippen LogP contribution in [0.5, 0.6) is 11.5 Å². The van der Waals surface area contributed by atoms with E-state index >= 15 is 0 Å². The van der Waals surface area contributed by atoms with Crippen molar-refractivity contribution in [1.82, 2.24) is 5.32 Å². The molecule has 0 saturated carbocycles. The Morgan fingerprint density at radius 1 is 1.20 bits per heavy atom. The van der Waals surface area contributed by atoms with Crippen LogP contribution in [0.1, 0.15) is 39.3 Å². The van der Waals surface area contributed by atoms with Crippen molar-refractivity contribution in [3.63, 3.8) is 0 Å². The third-order valence-corrected chi connectivity index (χ3v) is 3.52. The second kappa shape index (κ2) is 6.46. The Balaban J connectivity index is 2.29. The molecule has 4 heteroatoms. The number of fused-ring (bicyclic) bond motifs is 1. The molecule has 0 aliphatic carbocycles. The molecule has 1 aromatic carbocycles. The predicted molar refractivity (Wildman–Crippen MR) is 79.6 cm³/mol. The van der Waals surface area contributed by atoms with Crippen molar-refractivity contribution >= 4 is 0 Å². The summed E-state index contributed by atoms with van der Waals surface area (Å²) in [7, 11) is 0. The highest BCUT2D eigenvalue weighted by Crippen LogP contribution is 2.36. The standard InChI is InChI=1S/C16H25NO3/c1-5-17-15(16(3,4)20-6-2)12-7-8-13-14(11-12)19-10-9-18-13/h7-8,11,15,17H,5-6,9-10H2,1-4H3. The first-order valence-electron chi connectivity index (χ1n) is 7.35. The van der Waals surface area contributed by atoms with E-state index in [0.29, 0.717) is 19.8 Å². The smallest absolute Gasteiger partial charge is 0.161 e. The fraction of sp³-hybridized carbons (Fsp3) is 0.625. The maximum Gasteiger partial charge on any atom is 0.161 e. The van der Waals surface area contributed by atoms with Gasteiger partial charge in [-0.2, -0.15) is 0 Å². The molecular weight excluding hydrogens is 254 g/mol. The molecule has 112 valence electrons. The first kappa shape index (κ1) is 15.1. The van der Waals surface area contributed by atoms with Crippen molar-refractivity contribution in [3.8, 4) is 11.5 Å². The summed E-state index contributed by atoms with van der Waals surface area (Å²) in [6.07, 6.45) is 0. The molecule has 1 aromatic rings. The molecule has 0 aromatic heterocycles. The number of benzene rings is 1. The number of ether oxygens (including phenoxy) is 3. The Labute approximate surface area is 121 Å². The van der Waals surface area contributed by atoms with Crippen molar-refractivity contribution in [2.75, 3.05) is 26.4 Å². The van der Waals surface area contributed by atoms with Gasteiger partial charge < -0.3 is 19.5 Å². The van der Waals surface area contributed by atoms with E-state index < -0.39 is 0 Å². The second-order valence-electron chi connectivity index (χ2n) is 5.43. The molecule has 1 N–H and O–H groups in total. The van der Waals surface area contributed by atoms with Crippen LogP contribution in [0, 0.1) is 0 Å². The van der Waals surface area contributed by atoms with E-state index in [1.54, 1.807) is 0 Å². The fourth-order valence-corrected chi connectivity index (χ4v) is 2.66. The zero-order valence-corrected chi connectivity index (χ0v) is 12.9. The summed E-state index contributed by atoms with van der Waals surface area (Å²) in [6.45, 7) is 11.2. The lowest BCUT2D eigenvalue weighted by atomic mass is 9.91. The van der Waals surface area contributed by atoms with Crippen LogP contribution in [0.2, 0.25) is 0 Å². The van der Waals surface area contributed by atoms with Gasteiger partial charge in [0.2, 0.25) is 0 Å².